The predicted octanol–water partition coefficient (Wildman–Crippen LogP) is 4.19. The molecule has 2 aromatic rings. The van der Waals surface area contributed by atoms with Crippen LogP contribution >= 0.6 is 15.9 Å². The number of pyridine rings is 1. The summed E-state index contributed by atoms with van der Waals surface area (Å²) in [5, 5.41) is 3.09. The Kier molecular flexibility index (Phi) is 5.09. The number of nitrogens with one attached hydrogen (secondary N) is 1. The van der Waals surface area contributed by atoms with E-state index in [9.17, 15) is 4.39 Å². The van der Waals surface area contributed by atoms with Gasteiger partial charge in [-0.15, -0.1) is 0 Å². The van der Waals surface area contributed by atoms with Crippen LogP contribution in [-0.4, -0.2) is 11.5 Å². The van der Waals surface area contributed by atoms with Gasteiger partial charge < -0.3 is 10.1 Å². The Hall–Kier alpha value is -1.46. The highest BCUT2D eigenvalue weighted by molar-refractivity contribution is 9.10. The van der Waals surface area contributed by atoms with Gasteiger partial charge in [-0.2, -0.15) is 0 Å². The molecule has 0 spiro atoms. The third-order valence-electron chi connectivity index (χ3n) is 2.86. The van der Waals surface area contributed by atoms with Crippen LogP contribution in [-0.2, 0) is 6.54 Å². The van der Waals surface area contributed by atoms with Gasteiger partial charge in [0.2, 0.25) is 0 Å². The molecule has 1 aromatic carbocycles. The van der Waals surface area contributed by atoms with Gasteiger partial charge in [0.05, 0.1) is 0 Å². The lowest BCUT2D eigenvalue weighted by molar-refractivity contribution is 0.415. The monoisotopic (exact) mass is 338 g/mol. The molecule has 0 unspecified atom stereocenters. The van der Waals surface area contributed by atoms with Crippen LogP contribution in [0.1, 0.15) is 18.1 Å². The van der Waals surface area contributed by atoms with Crippen molar-refractivity contribution in [1.29, 1.82) is 0 Å². The molecular formula is C15H16BrFN2O. The van der Waals surface area contributed by atoms with E-state index in [4.69, 9.17) is 4.74 Å². The van der Waals surface area contributed by atoms with Crippen LogP contribution in [0.4, 0.5) is 4.39 Å². The van der Waals surface area contributed by atoms with Gasteiger partial charge in [-0.05, 0) is 37.2 Å². The Balaban J connectivity index is 2.27. The normalized spacial score (nSPS) is 10.6. The average Bonchev–Trinajstić information content (AvgIpc) is 2.44. The van der Waals surface area contributed by atoms with Crippen LogP contribution in [0.2, 0.25) is 0 Å². The second-order valence-electron chi connectivity index (χ2n) is 4.38. The molecule has 1 aromatic heterocycles. The van der Waals surface area contributed by atoms with Crippen molar-refractivity contribution in [3.63, 3.8) is 0 Å². The molecule has 0 aliphatic carbocycles. The Morgan fingerprint density at radius 1 is 1.35 bits per heavy atom. The van der Waals surface area contributed by atoms with Gasteiger partial charge in [0, 0.05) is 22.8 Å². The van der Waals surface area contributed by atoms with Crippen molar-refractivity contribution in [3.8, 4) is 11.6 Å². The van der Waals surface area contributed by atoms with Crippen molar-refractivity contribution in [2.24, 2.45) is 0 Å². The van der Waals surface area contributed by atoms with E-state index >= 15 is 0 Å². The molecule has 20 heavy (non-hydrogen) atoms. The van der Waals surface area contributed by atoms with Gasteiger partial charge in [-0.3, -0.25) is 0 Å². The van der Waals surface area contributed by atoms with Gasteiger partial charge in [0.25, 0.3) is 5.88 Å². The summed E-state index contributed by atoms with van der Waals surface area (Å²) in [7, 11) is 0. The Morgan fingerprint density at radius 3 is 2.90 bits per heavy atom. The molecule has 1 N–H and O–H groups in total. The zero-order valence-corrected chi connectivity index (χ0v) is 13.0. The zero-order valence-electron chi connectivity index (χ0n) is 11.4. The maximum absolute atomic E-state index is 14.3. The summed E-state index contributed by atoms with van der Waals surface area (Å²) in [4.78, 5) is 3.97. The van der Waals surface area contributed by atoms with Crippen LogP contribution in [0, 0.1) is 12.7 Å². The molecule has 3 nitrogen and oxygen atoms in total. The number of rotatable bonds is 5. The SMILES string of the molecule is CCNCc1ccnc(Oc2cc(Br)ccc2C)c1F. The van der Waals surface area contributed by atoms with Gasteiger partial charge >= 0.3 is 0 Å². The van der Waals surface area contributed by atoms with Gasteiger partial charge in [0.15, 0.2) is 5.82 Å². The molecule has 0 radical (unpaired) electrons. The summed E-state index contributed by atoms with van der Waals surface area (Å²) in [5.74, 6) is 0.167. The number of hydrogen-bond acceptors (Lipinski definition) is 3. The molecular weight excluding hydrogens is 323 g/mol. The first-order valence-electron chi connectivity index (χ1n) is 6.40. The summed E-state index contributed by atoms with van der Waals surface area (Å²) >= 11 is 3.37. The van der Waals surface area contributed by atoms with E-state index in [-0.39, 0.29) is 5.88 Å². The van der Waals surface area contributed by atoms with E-state index in [0.717, 1.165) is 16.6 Å². The predicted molar refractivity (Wildman–Crippen MR) is 80.5 cm³/mol. The summed E-state index contributed by atoms with van der Waals surface area (Å²) < 4.78 is 20.7. The number of aryl methyl sites for hydroxylation is 1. The van der Waals surface area contributed by atoms with Gasteiger partial charge in [-0.25, -0.2) is 9.37 Å². The molecule has 0 amide bonds. The van der Waals surface area contributed by atoms with E-state index in [1.165, 1.54) is 0 Å². The lowest BCUT2D eigenvalue weighted by Crippen LogP contribution is -2.13. The van der Waals surface area contributed by atoms with Crippen LogP contribution in [0.25, 0.3) is 0 Å². The highest BCUT2D eigenvalue weighted by Crippen LogP contribution is 2.29. The average molecular weight is 339 g/mol. The molecule has 5 heteroatoms. The number of nitrogens with zero attached hydrogens (tertiary/aromatic N) is 1. The van der Waals surface area contributed by atoms with E-state index in [2.05, 4.69) is 26.2 Å². The van der Waals surface area contributed by atoms with E-state index in [1.807, 2.05) is 26.0 Å². The van der Waals surface area contributed by atoms with Crippen molar-refractivity contribution < 1.29 is 9.13 Å². The van der Waals surface area contributed by atoms with Crippen molar-refractivity contribution in [2.45, 2.75) is 20.4 Å². The van der Waals surface area contributed by atoms with E-state index in [1.54, 1.807) is 18.3 Å². The number of benzene rings is 1. The molecule has 0 atom stereocenters. The summed E-state index contributed by atoms with van der Waals surface area (Å²) in [5.41, 5.74) is 1.47. The zero-order chi connectivity index (χ0) is 14.5. The fraction of sp³-hybridized carbons (Fsp3) is 0.267. The Labute approximate surface area is 126 Å². The standard InChI is InChI=1S/C15H16BrFN2O/c1-3-18-9-11-6-7-19-15(14(11)17)20-13-8-12(16)5-4-10(13)2/h4-8,18H,3,9H2,1-2H3. The second kappa shape index (κ2) is 6.81. The maximum atomic E-state index is 14.3. The van der Waals surface area contributed by atoms with E-state index < -0.39 is 5.82 Å². The fourth-order valence-electron chi connectivity index (χ4n) is 1.72. The summed E-state index contributed by atoms with van der Waals surface area (Å²) in [6, 6.07) is 7.26. The minimum absolute atomic E-state index is 0.00148. The molecule has 0 saturated carbocycles. The lowest BCUT2D eigenvalue weighted by atomic mass is 10.2. The number of halogens is 2. The second-order valence-corrected chi connectivity index (χ2v) is 5.30. The third kappa shape index (κ3) is 3.55. The number of hydrogen-bond donors (Lipinski definition) is 1. The number of aromatic nitrogens is 1. The summed E-state index contributed by atoms with van der Waals surface area (Å²) in [6.45, 7) is 5.12. The highest BCUT2D eigenvalue weighted by Gasteiger charge is 2.12. The van der Waals surface area contributed by atoms with Crippen molar-refractivity contribution in [2.75, 3.05) is 6.54 Å². The molecule has 2 rings (SSSR count). The maximum Gasteiger partial charge on any atom is 0.256 e. The topological polar surface area (TPSA) is 34.2 Å². The molecule has 1 heterocycles. The Bertz CT molecular complexity index is 604. The van der Waals surface area contributed by atoms with Crippen LogP contribution < -0.4 is 10.1 Å². The molecule has 0 saturated heterocycles. The molecule has 0 fully saturated rings. The van der Waals surface area contributed by atoms with E-state index in [0.29, 0.717) is 17.9 Å². The molecule has 0 bridgehead atoms. The first kappa shape index (κ1) is 14.9. The third-order valence-corrected chi connectivity index (χ3v) is 3.35. The largest absolute Gasteiger partial charge is 0.436 e. The molecule has 0 aliphatic rings. The van der Waals surface area contributed by atoms with Crippen molar-refractivity contribution in [1.82, 2.24) is 10.3 Å². The first-order valence-corrected chi connectivity index (χ1v) is 7.19. The lowest BCUT2D eigenvalue weighted by Gasteiger charge is -2.11. The van der Waals surface area contributed by atoms with Crippen LogP contribution in [0.15, 0.2) is 34.9 Å². The smallest absolute Gasteiger partial charge is 0.256 e. The Morgan fingerprint density at radius 2 is 2.15 bits per heavy atom. The van der Waals surface area contributed by atoms with Crippen molar-refractivity contribution >= 4 is 15.9 Å². The number of ether oxygens (including phenoxy) is 1. The highest BCUT2D eigenvalue weighted by atomic mass is 79.9. The van der Waals surface area contributed by atoms with Gasteiger partial charge in [-0.1, -0.05) is 28.9 Å². The molecule has 0 aliphatic heterocycles. The molecule has 106 valence electrons. The van der Waals surface area contributed by atoms with Crippen molar-refractivity contribution in [3.05, 3.63) is 51.9 Å². The van der Waals surface area contributed by atoms with Gasteiger partial charge in [0.1, 0.15) is 5.75 Å². The minimum Gasteiger partial charge on any atom is -0.436 e. The van der Waals surface area contributed by atoms with Crippen LogP contribution in [0.5, 0.6) is 11.6 Å². The first-order chi connectivity index (χ1) is 9.61. The fourth-order valence-corrected chi connectivity index (χ4v) is 2.06. The van der Waals surface area contributed by atoms with Crippen LogP contribution in [0.3, 0.4) is 0 Å². The summed E-state index contributed by atoms with van der Waals surface area (Å²) in [6.07, 6.45) is 1.55. The minimum atomic E-state index is -0.423. The quantitative estimate of drug-likeness (QED) is 0.887.